The Hall–Kier alpha value is -0.160. The number of unbranched alkanes of at least 4 members (excludes halogenated alkanes) is 1. The zero-order valence-electron chi connectivity index (χ0n) is 8.67. The van der Waals surface area contributed by atoms with Gasteiger partial charge in [-0.1, -0.05) is 13.3 Å². The fourth-order valence-electron chi connectivity index (χ4n) is 1.76. The fourth-order valence-corrected chi connectivity index (χ4v) is 1.76. The molecule has 1 saturated heterocycles. The lowest BCUT2D eigenvalue weighted by Crippen LogP contribution is -2.46. The lowest BCUT2D eigenvalue weighted by molar-refractivity contribution is -0.0683. The number of hydrazine groups is 1. The highest BCUT2D eigenvalue weighted by Gasteiger charge is 2.46. The van der Waals surface area contributed by atoms with Crippen LogP contribution in [0.15, 0.2) is 0 Å². The largest absolute Gasteiger partial charge is 0.375 e. The highest BCUT2D eigenvalue weighted by Crippen LogP contribution is 2.31. The molecule has 1 rings (SSSR count). The van der Waals surface area contributed by atoms with Crippen molar-refractivity contribution in [3.8, 4) is 0 Å². The average molecular weight is 188 g/mol. The van der Waals surface area contributed by atoms with E-state index in [1.165, 1.54) is 0 Å². The summed E-state index contributed by atoms with van der Waals surface area (Å²) in [6, 6.07) is 0. The molecule has 13 heavy (non-hydrogen) atoms. The molecule has 4 nitrogen and oxygen atoms in total. The smallest absolute Gasteiger partial charge is 0.132 e. The third-order valence-electron chi connectivity index (χ3n) is 2.67. The standard InChI is InChI=1S/C9H20N2O2/c1-4-5-6-9(13)7-8(2,12)11(3)10-9/h10,12-13H,4-7H2,1-3H3. The Morgan fingerprint density at radius 1 is 1.46 bits per heavy atom. The number of nitrogens with one attached hydrogen (secondary N) is 1. The van der Waals surface area contributed by atoms with Crippen LogP contribution in [0, 0.1) is 0 Å². The summed E-state index contributed by atoms with van der Waals surface area (Å²) < 4.78 is 0. The van der Waals surface area contributed by atoms with Gasteiger partial charge in [0.1, 0.15) is 11.4 Å². The van der Waals surface area contributed by atoms with Gasteiger partial charge >= 0.3 is 0 Å². The maximum atomic E-state index is 10.0. The van der Waals surface area contributed by atoms with Crippen molar-refractivity contribution >= 4 is 0 Å². The summed E-state index contributed by atoms with van der Waals surface area (Å²) in [5.74, 6) is 0. The minimum atomic E-state index is -0.942. The van der Waals surface area contributed by atoms with Gasteiger partial charge in [0.2, 0.25) is 0 Å². The Morgan fingerprint density at radius 2 is 2.08 bits per heavy atom. The van der Waals surface area contributed by atoms with Crippen LogP contribution in [0.4, 0.5) is 0 Å². The van der Waals surface area contributed by atoms with E-state index in [1.807, 2.05) is 0 Å². The van der Waals surface area contributed by atoms with Crippen molar-refractivity contribution < 1.29 is 10.2 Å². The second-order valence-corrected chi connectivity index (χ2v) is 4.20. The summed E-state index contributed by atoms with van der Waals surface area (Å²) in [5.41, 5.74) is 1.03. The molecule has 0 saturated carbocycles. The molecule has 4 heteroatoms. The fraction of sp³-hybridized carbons (Fsp3) is 1.00. The van der Waals surface area contributed by atoms with Gasteiger partial charge in [-0.05, 0) is 19.8 Å². The molecular formula is C9H20N2O2. The van der Waals surface area contributed by atoms with Crippen LogP contribution in [0.25, 0.3) is 0 Å². The van der Waals surface area contributed by atoms with E-state index in [0.717, 1.165) is 12.8 Å². The highest BCUT2D eigenvalue weighted by atomic mass is 16.4. The number of hydrogen-bond acceptors (Lipinski definition) is 4. The zero-order valence-corrected chi connectivity index (χ0v) is 8.67. The predicted molar refractivity (Wildman–Crippen MR) is 50.6 cm³/mol. The third-order valence-corrected chi connectivity index (χ3v) is 2.67. The van der Waals surface area contributed by atoms with Crippen molar-refractivity contribution in [3.05, 3.63) is 0 Å². The average Bonchev–Trinajstić information content (AvgIpc) is 2.18. The Morgan fingerprint density at radius 3 is 2.46 bits per heavy atom. The van der Waals surface area contributed by atoms with Crippen molar-refractivity contribution in [2.45, 2.75) is 51.0 Å². The van der Waals surface area contributed by atoms with Gasteiger partial charge in [-0.3, -0.25) is 0 Å². The molecular weight excluding hydrogens is 168 g/mol. The Kier molecular flexibility index (Phi) is 2.97. The van der Waals surface area contributed by atoms with E-state index in [9.17, 15) is 10.2 Å². The molecule has 0 spiro atoms. The molecule has 0 radical (unpaired) electrons. The van der Waals surface area contributed by atoms with E-state index >= 15 is 0 Å². The molecule has 0 aromatic carbocycles. The molecule has 2 unspecified atom stereocenters. The van der Waals surface area contributed by atoms with Gasteiger partial charge in [0.15, 0.2) is 0 Å². The van der Waals surface area contributed by atoms with E-state index in [4.69, 9.17) is 0 Å². The van der Waals surface area contributed by atoms with Crippen molar-refractivity contribution in [1.82, 2.24) is 10.4 Å². The van der Waals surface area contributed by atoms with Crippen LogP contribution in [0.5, 0.6) is 0 Å². The number of nitrogens with zero attached hydrogens (tertiary/aromatic N) is 1. The minimum absolute atomic E-state index is 0.358. The molecule has 1 heterocycles. The molecule has 1 aliphatic rings. The molecule has 1 aliphatic heterocycles. The molecule has 1 fully saturated rings. The van der Waals surface area contributed by atoms with Crippen LogP contribution in [-0.4, -0.2) is 33.7 Å². The van der Waals surface area contributed by atoms with E-state index < -0.39 is 11.4 Å². The van der Waals surface area contributed by atoms with E-state index in [2.05, 4.69) is 12.3 Å². The van der Waals surface area contributed by atoms with Crippen molar-refractivity contribution in [3.63, 3.8) is 0 Å². The molecule has 0 aromatic heterocycles. The van der Waals surface area contributed by atoms with Gasteiger partial charge in [-0.25, -0.2) is 10.4 Å². The first-order chi connectivity index (χ1) is 5.90. The van der Waals surface area contributed by atoms with Crippen LogP contribution < -0.4 is 5.43 Å². The summed E-state index contributed by atoms with van der Waals surface area (Å²) in [4.78, 5) is 0. The van der Waals surface area contributed by atoms with E-state index in [-0.39, 0.29) is 0 Å². The molecule has 0 bridgehead atoms. The minimum Gasteiger partial charge on any atom is -0.375 e. The van der Waals surface area contributed by atoms with Gasteiger partial charge in [0, 0.05) is 13.5 Å². The Labute approximate surface area is 79.5 Å². The third kappa shape index (κ3) is 2.40. The molecule has 2 atom stereocenters. The number of hydrogen-bond donors (Lipinski definition) is 3. The SMILES string of the molecule is CCCCC1(O)CC(C)(O)N(C)N1. The van der Waals surface area contributed by atoms with Crippen molar-refractivity contribution in [2.24, 2.45) is 0 Å². The van der Waals surface area contributed by atoms with Gasteiger partial charge in [0.05, 0.1) is 0 Å². The molecule has 0 aromatic rings. The second-order valence-electron chi connectivity index (χ2n) is 4.20. The second kappa shape index (κ2) is 3.53. The lowest BCUT2D eigenvalue weighted by atomic mass is 9.99. The van der Waals surface area contributed by atoms with Gasteiger partial charge in [0.25, 0.3) is 0 Å². The maximum absolute atomic E-state index is 10.0. The first kappa shape index (κ1) is 10.9. The molecule has 0 amide bonds. The quantitative estimate of drug-likeness (QED) is 0.600. The van der Waals surface area contributed by atoms with E-state index in [1.54, 1.807) is 19.0 Å². The molecule has 78 valence electrons. The highest BCUT2D eigenvalue weighted by molar-refractivity contribution is 4.90. The Balaban J connectivity index is 2.54. The zero-order chi connectivity index (χ0) is 10.1. The van der Waals surface area contributed by atoms with Crippen LogP contribution >= 0.6 is 0 Å². The topological polar surface area (TPSA) is 55.7 Å². The predicted octanol–water partition coefficient (Wildman–Crippen LogP) is 0.414. The summed E-state index contributed by atoms with van der Waals surface area (Å²) in [6.07, 6.45) is 3.06. The van der Waals surface area contributed by atoms with Crippen LogP contribution in [0.2, 0.25) is 0 Å². The first-order valence-electron chi connectivity index (χ1n) is 4.86. The van der Waals surface area contributed by atoms with Gasteiger partial charge in [-0.15, -0.1) is 0 Å². The van der Waals surface area contributed by atoms with Crippen LogP contribution in [-0.2, 0) is 0 Å². The van der Waals surface area contributed by atoms with E-state index in [0.29, 0.717) is 12.8 Å². The van der Waals surface area contributed by atoms with Crippen LogP contribution in [0.1, 0.15) is 39.5 Å². The summed E-state index contributed by atoms with van der Waals surface area (Å²) >= 11 is 0. The summed E-state index contributed by atoms with van der Waals surface area (Å²) in [5, 5.41) is 21.4. The van der Waals surface area contributed by atoms with Gasteiger partial charge < -0.3 is 10.2 Å². The maximum Gasteiger partial charge on any atom is 0.132 e. The number of rotatable bonds is 3. The molecule has 0 aliphatic carbocycles. The normalized spacial score (nSPS) is 41.3. The monoisotopic (exact) mass is 188 g/mol. The summed E-state index contributed by atoms with van der Waals surface area (Å²) in [6.45, 7) is 3.78. The lowest BCUT2D eigenvalue weighted by Gasteiger charge is -2.23. The van der Waals surface area contributed by atoms with Crippen molar-refractivity contribution in [1.29, 1.82) is 0 Å². The number of aliphatic hydroxyl groups is 2. The molecule has 3 N–H and O–H groups in total. The Bertz CT molecular complexity index is 184. The van der Waals surface area contributed by atoms with Crippen LogP contribution in [0.3, 0.4) is 0 Å². The van der Waals surface area contributed by atoms with Crippen molar-refractivity contribution in [2.75, 3.05) is 7.05 Å². The summed E-state index contributed by atoms with van der Waals surface area (Å²) in [7, 11) is 1.74. The first-order valence-corrected chi connectivity index (χ1v) is 4.86. The van der Waals surface area contributed by atoms with Gasteiger partial charge in [-0.2, -0.15) is 0 Å².